The molecule has 4 N–H and O–H groups in total. The number of aliphatic imine (C=N–C) groups is 1. The predicted octanol–water partition coefficient (Wildman–Crippen LogP) is 3.15. The van der Waals surface area contributed by atoms with Crippen LogP contribution in [0, 0.1) is 0 Å². The summed E-state index contributed by atoms with van der Waals surface area (Å²) in [7, 11) is 0. The Morgan fingerprint density at radius 1 is 1.31 bits per heavy atom. The van der Waals surface area contributed by atoms with Gasteiger partial charge in [-0.25, -0.2) is 8.78 Å². The molecule has 0 bridgehead atoms. The fourth-order valence-corrected chi connectivity index (χ4v) is 4.72. The lowest BCUT2D eigenvalue weighted by Gasteiger charge is -2.38. The van der Waals surface area contributed by atoms with Crippen molar-refractivity contribution in [3.63, 3.8) is 0 Å². The molecule has 3 aliphatic rings. The summed E-state index contributed by atoms with van der Waals surface area (Å²) in [5.41, 5.74) is 8.15. The number of hydrogen-bond donors (Lipinski definition) is 4. The zero-order chi connectivity index (χ0) is 25.1. The number of nitrogens with zero attached hydrogens (tertiary/aromatic N) is 2. The Balaban J connectivity index is 1.79. The van der Waals surface area contributed by atoms with Crippen LogP contribution in [0.4, 0.5) is 8.78 Å². The van der Waals surface area contributed by atoms with Gasteiger partial charge in [0.15, 0.2) is 6.17 Å². The maximum atomic E-state index is 14.6. The summed E-state index contributed by atoms with van der Waals surface area (Å²) in [6.07, 6.45) is 2.66. The molecule has 5 unspecified atom stereocenters. The quantitative estimate of drug-likeness (QED) is 0.434. The number of carbonyl (C=O) groups is 1. The number of aliphatic hydroxyl groups is 1. The Morgan fingerprint density at radius 3 is 2.74 bits per heavy atom. The number of nitrogens with two attached hydrogens (primary N) is 1. The van der Waals surface area contributed by atoms with E-state index in [1.54, 1.807) is 11.0 Å². The van der Waals surface area contributed by atoms with Gasteiger partial charge in [-0.15, -0.1) is 0 Å². The number of amides is 1. The first kappa shape index (κ1) is 25.8. The molecular formula is C25H27ClF2N4O2S. The minimum atomic E-state index is -1.39. The van der Waals surface area contributed by atoms with Crippen LogP contribution >= 0.6 is 24.2 Å². The number of benzene rings is 1. The minimum absolute atomic E-state index is 0.0216. The summed E-state index contributed by atoms with van der Waals surface area (Å²) in [5, 5.41) is 14.7. The number of thiol groups is 1. The molecule has 186 valence electrons. The van der Waals surface area contributed by atoms with E-state index in [0.717, 1.165) is 17.2 Å². The van der Waals surface area contributed by atoms with E-state index in [0.29, 0.717) is 17.2 Å². The molecule has 1 amide bonds. The van der Waals surface area contributed by atoms with Crippen molar-refractivity contribution >= 4 is 35.8 Å². The molecule has 1 heterocycles. The molecule has 35 heavy (non-hydrogen) atoms. The Kier molecular flexibility index (Phi) is 8.23. The van der Waals surface area contributed by atoms with Gasteiger partial charge in [-0.05, 0) is 29.7 Å². The second kappa shape index (κ2) is 11.2. The van der Waals surface area contributed by atoms with Crippen LogP contribution in [0.25, 0.3) is 0 Å². The highest BCUT2D eigenvalue weighted by Crippen LogP contribution is 2.34. The molecule has 2 aliphatic carbocycles. The summed E-state index contributed by atoms with van der Waals surface area (Å²) in [6.45, 7) is -0.0216. The first-order valence-corrected chi connectivity index (χ1v) is 12.3. The van der Waals surface area contributed by atoms with Gasteiger partial charge < -0.3 is 16.2 Å². The number of nitrogens with one attached hydrogen (secondary N) is 1. The summed E-state index contributed by atoms with van der Waals surface area (Å²) < 4.78 is 28.3. The largest absolute Gasteiger partial charge is 0.374 e. The maximum absolute atomic E-state index is 14.6. The van der Waals surface area contributed by atoms with E-state index in [2.05, 4.69) is 17.9 Å². The van der Waals surface area contributed by atoms with Gasteiger partial charge in [0.2, 0.25) is 5.91 Å². The zero-order valence-corrected chi connectivity index (χ0v) is 20.5. The third-order valence-corrected chi connectivity index (χ3v) is 6.86. The number of aliphatic hydroxyl groups excluding tert-OH is 1. The number of alkyl halides is 1. The van der Waals surface area contributed by atoms with E-state index in [4.69, 9.17) is 22.3 Å². The Morgan fingerprint density at radius 2 is 2.06 bits per heavy atom. The highest BCUT2D eigenvalue weighted by atomic mass is 35.5. The molecule has 0 radical (unpaired) electrons. The van der Waals surface area contributed by atoms with Crippen LogP contribution in [-0.4, -0.2) is 64.6 Å². The van der Waals surface area contributed by atoms with Crippen molar-refractivity contribution in [1.82, 2.24) is 10.2 Å². The average molecular weight is 521 g/mol. The normalized spacial score (nSPS) is 27.9. The molecule has 0 fully saturated rings. The molecule has 1 aromatic rings. The van der Waals surface area contributed by atoms with E-state index in [9.17, 15) is 18.7 Å². The van der Waals surface area contributed by atoms with Gasteiger partial charge in [0.05, 0.1) is 11.8 Å². The number of rotatable bonds is 6. The average Bonchev–Trinajstić information content (AvgIpc) is 2.95. The topological polar surface area (TPSA) is 91.0 Å². The van der Waals surface area contributed by atoms with Gasteiger partial charge in [-0.2, -0.15) is 12.6 Å². The van der Waals surface area contributed by atoms with Crippen LogP contribution in [0.15, 0.2) is 81.6 Å². The van der Waals surface area contributed by atoms with Crippen molar-refractivity contribution in [1.29, 1.82) is 0 Å². The standard InChI is InChI=1S/C25H27ClF2N4O2S/c26-16-7-9-21-18(10-16)22(14-4-2-1-3-5-14)30-23(31-24(33)20(29)13-35)25(34)32(21)12-15-6-8-17(27)11-19(15)28/h1-7,10-11,17,20-21,23,25,34-35H,8-9,12-13,29H2,(H,31,33). The molecule has 0 saturated heterocycles. The van der Waals surface area contributed by atoms with Crippen molar-refractivity contribution < 1.29 is 18.7 Å². The van der Waals surface area contributed by atoms with Crippen LogP contribution in [0.5, 0.6) is 0 Å². The number of hydrogen-bond acceptors (Lipinski definition) is 6. The number of halogens is 3. The van der Waals surface area contributed by atoms with E-state index in [1.807, 2.05) is 36.4 Å². The number of allylic oxidation sites excluding steroid dienone is 4. The minimum Gasteiger partial charge on any atom is -0.374 e. The smallest absolute Gasteiger partial charge is 0.239 e. The third kappa shape index (κ3) is 5.76. The lowest BCUT2D eigenvalue weighted by molar-refractivity contribution is -0.125. The van der Waals surface area contributed by atoms with Crippen molar-refractivity contribution in [2.24, 2.45) is 10.7 Å². The van der Waals surface area contributed by atoms with Crippen LogP contribution < -0.4 is 11.1 Å². The zero-order valence-electron chi connectivity index (χ0n) is 18.8. The number of fused-ring (bicyclic) bond motifs is 1. The molecule has 1 aromatic carbocycles. The summed E-state index contributed by atoms with van der Waals surface area (Å²) in [4.78, 5) is 19.0. The fraction of sp³-hybridized carbons (Fsp3) is 0.360. The van der Waals surface area contributed by atoms with Crippen molar-refractivity contribution in [2.75, 3.05) is 12.3 Å². The van der Waals surface area contributed by atoms with E-state index in [1.165, 1.54) is 6.08 Å². The first-order valence-electron chi connectivity index (χ1n) is 11.3. The fourth-order valence-electron chi connectivity index (χ4n) is 4.35. The van der Waals surface area contributed by atoms with Gasteiger partial charge in [-0.3, -0.25) is 14.7 Å². The second-order valence-corrected chi connectivity index (χ2v) is 9.41. The molecule has 0 aromatic heterocycles. The molecule has 4 rings (SSSR count). The molecular weight excluding hydrogens is 494 g/mol. The van der Waals surface area contributed by atoms with Crippen molar-refractivity contribution in [3.05, 3.63) is 82.2 Å². The third-order valence-electron chi connectivity index (χ3n) is 6.20. The monoisotopic (exact) mass is 520 g/mol. The molecule has 0 saturated carbocycles. The lowest BCUT2D eigenvalue weighted by atomic mass is 9.89. The molecule has 1 aliphatic heterocycles. The summed E-state index contributed by atoms with van der Waals surface area (Å²) >= 11 is 10.5. The van der Waals surface area contributed by atoms with Gasteiger partial charge in [-0.1, -0.05) is 54.1 Å². The molecule has 0 spiro atoms. The van der Waals surface area contributed by atoms with E-state index >= 15 is 0 Å². The van der Waals surface area contributed by atoms with Gasteiger partial charge in [0, 0.05) is 35.4 Å². The van der Waals surface area contributed by atoms with Crippen molar-refractivity contribution in [2.45, 2.75) is 43.5 Å². The van der Waals surface area contributed by atoms with Crippen LogP contribution in [0.3, 0.4) is 0 Å². The highest BCUT2D eigenvalue weighted by Gasteiger charge is 2.40. The van der Waals surface area contributed by atoms with Gasteiger partial charge in [0.1, 0.15) is 18.2 Å². The SMILES string of the molecule is NC(CS)C(=O)NC1N=C(c2ccccc2)C2=CC(Cl)=CCC2N(CC2=CCC(F)C=C2F)C1O. The van der Waals surface area contributed by atoms with Crippen molar-refractivity contribution in [3.8, 4) is 0 Å². The lowest BCUT2D eigenvalue weighted by Crippen LogP contribution is -2.56. The highest BCUT2D eigenvalue weighted by molar-refractivity contribution is 7.80. The summed E-state index contributed by atoms with van der Waals surface area (Å²) in [5.74, 6) is -1.09. The Labute approximate surface area is 213 Å². The maximum Gasteiger partial charge on any atom is 0.239 e. The van der Waals surface area contributed by atoms with Crippen LogP contribution in [0.2, 0.25) is 0 Å². The number of carbonyl (C=O) groups excluding carboxylic acids is 1. The van der Waals surface area contributed by atoms with Crippen LogP contribution in [0.1, 0.15) is 18.4 Å². The molecule has 5 atom stereocenters. The Bertz CT molecular complexity index is 1120. The molecule has 6 nitrogen and oxygen atoms in total. The summed E-state index contributed by atoms with van der Waals surface area (Å²) in [6, 6.07) is 8.00. The van der Waals surface area contributed by atoms with Gasteiger partial charge in [0.25, 0.3) is 0 Å². The first-order chi connectivity index (χ1) is 16.8. The van der Waals surface area contributed by atoms with E-state index < -0.39 is 42.4 Å². The second-order valence-electron chi connectivity index (χ2n) is 8.61. The van der Waals surface area contributed by atoms with E-state index in [-0.39, 0.29) is 24.3 Å². The molecule has 10 heteroatoms. The Hall–Kier alpha value is -2.30. The van der Waals surface area contributed by atoms with Gasteiger partial charge >= 0.3 is 0 Å². The predicted molar refractivity (Wildman–Crippen MR) is 137 cm³/mol. The van der Waals surface area contributed by atoms with Crippen LogP contribution in [-0.2, 0) is 4.79 Å².